The molecule has 1 aromatic heterocycles. The normalized spacial score (nSPS) is 11.2. The van der Waals surface area contributed by atoms with Crippen LogP contribution in [0.5, 0.6) is 0 Å². The number of fused-ring (bicyclic) bond motifs is 1. The fourth-order valence-electron chi connectivity index (χ4n) is 1.67. The van der Waals surface area contributed by atoms with E-state index < -0.39 is 0 Å². The molecular formula is C14H15NO3. The quantitative estimate of drug-likeness (QED) is 0.777. The zero-order valence-corrected chi connectivity index (χ0v) is 10.5. The van der Waals surface area contributed by atoms with E-state index in [-0.39, 0.29) is 12.4 Å². The SMILES string of the molecule is CCOC(=O)CC=Cc1ccc2nc(C)oc2c1. The maximum atomic E-state index is 11.1. The highest BCUT2D eigenvalue weighted by Crippen LogP contribution is 2.17. The van der Waals surface area contributed by atoms with Gasteiger partial charge in [-0.25, -0.2) is 4.98 Å². The van der Waals surface area contributed by atoms with Crippen LogP contribution in [0, 0.1) is 6.92 Å². The second kappa shape index (κ2) is 5.49. The van der Waals surface area contributed by atoms with Gasteiger partial charge in [0.2, 0.25) is 0 Å². The van der Waals surface area contributed by atoms with Gasteiger partial charge < -0.3 is 9.15 Å². The molecule has 2 rings (SSSR count). The Labute approximate surface area is 105 Å². The first kappa shape index (κ1) is 12.4. The molecule has 0 unspecified atom stereocenters. The van der Waals surface area contributed by atoms with Crippen molar-refractivity contribution in [3.8, 4) is 0 Å². The van der Waals surface area contributed by atoms with E-state index in [0.717, 1.165) is 16.7 Å². The number of aryl methyl sites for hydroxylation is 1. The van der Waals surface area contributed by atoms with E-state index in [0.29, 0.717) is 12.5 Å². The molecule has 0 radical (unpaired) electrons. The minimum Gasteiger partial charge on any atom is -0.466 e. The van der Waals surface area contributed by atoms with Gasteiger partial charge in [-0.1, -0.05) is 18.2 Å². The van der Waals surface area contributed by atoms with E-state index in [1.54, 1.807) is 13.0 Å². The number of aromatic nitrogens is 1. The van der Waals surface area contributed by atoms with Gasteiger partial charge in [-0.3, -0.25) is 4.79 Å². The van der Waals surface area contributed by atoms with E-state index in [2.05, 4.69) is 4.98 Å². The molecule has 1 heterocycles. The number of carbonyl (C=O) groups excluding carboxylic acids is 1. The lowest BCUT2D eigenvalue weighted by Crippen LogP contribution is -2.01. The summed E-state index contributed by atoms with van der Waals surface area (Å²) >= 11 is 0. The molecule has 0 bridgehead atoms. The Morgan fingerprint density at radius 1 is 1.50 bits per heavy atom. The molecule has 4 heteroatoms. The molecule has 0 amide bonds. The van der Waals surface area contributed by atoms with Gasteiger partial charge in [-0.05, 0) is 24.6 Å². The van der Waals surface area contributed by atoms with Crippen LogP contribution in [-0.4, -0.2) is 17.6 Å². The third-order valence-electron chi connectivity index (χ3n) is 2.42. The molecule has 18 heavy (non-hydrogen) atoms. The van der Waals surface area contributed by atoms with Crippen LogP contribution in [0.15, 0.2) is 28.7 Å². The number of carbonyl (C=O) groups is 1. The van der Waals surface area contributed by atoms with Crippen molar-refractivity contribution in [2.24, 2.45) is 0 Å². The molecule has 0 saturated carbocycles. The molecule has 94 valence electrons. The van der Waals surface area contributed by atoms with E-state index >= 15 is 0 Å². The van der Waals surface area contributed by atoms with Crippen LogP contribution in [0.25, 0.3) is 17.2 Å². The van der Waals surface area contributed by atoms with Gasteiger partial charge in [0.1, 0.15) is 5.52 Å². The maximum Gasteiger partial charge on any atom is 0.309 e. The highest BCUT2D eigenvalue weighted by Gasteiger charge is 2.02. The van der Waals surface area contributed by atoms with Gasteiger partial charge in [0.05, 0.1) is 13.0 Å². The molecule has 0 spiro atoms. The molecule has 1 aromatic carbocycles. The fraction of sp³-hybridized carbons (Fsp3) is 0.286. The number of oxazole rings is 1. The van der Waals surface area contributed by atoms with Crippen molar-refractivity contribution in [2.75, 3.05) is 6.61 Å². The summed E-state index contributed by atoms with van der Waals surface area (Å²) in [6.07, 6.45) is 3.93. The number of esters is 1. The van der Waals surface area contributed by atoms with Crippen LogP contribution in [0.3, 0.4) is 0 Å². The second-order valence-corrected chi connectivity index (χ2v) is 3.87. The number of hydrogen-bond acceptors (Lipinski definition) is 4. The summed E-state index contributed by atoms with van der Waals surface area (Å²) in [5.41, 5.74) is 2.57. The summed E-state index contributed by atoms with van der Waals surface area (Å²) in [6.45, 7) is 4.02. The fourth-order valence-corrected chi connectivity index (χ4v) is 1.67. The molecule has 2 aromatic rings. The van der Waals surface area contributed by atoms with Crippen molar-refractivity contribution < 1.29 is 13.9 Å². The van der Waals surface area contributed by atoms with Crippen LogP contribution < -0.4 is 0 Å². The molecule has 0 aliphatic carbocycles. The first-order valence-corrected chi connectivity index (χ1v) is 5.88. The van der Waals surface area contributed by atoms with Gasteiger partial charge in [0.15, 0.2) is 11.5 Å². The average molecular weight is 245 g/mol. The van der Waals surface area contributed by atoms with Crippen LogP contribution >= 0.6 is 0 Å². The monoisotopic (exact) mass is 245 g/mol. The van der Waals surface area contributed by atoms with Gasteiger partial charge in [0, 0.05) is 6.92 Å². The van der Waals surface area contributed by atoms with Gasteiger partial charge >= 0.3 is 5.97 Å². The van der Waals surface area contributed by atoms with Crippen molar-refractivity contribution in [1.82, 2.24) is 4.98 Å². The highest BCUT2D eigenvalue weighted by atomic mass is 16.5. The molecule has 0 atom stereocenters. The molecule has 0 N–H and O–H groups in total. The number of ether oxygens (including phenoxy) is 1. The Morgan fingerprint density at radius 2 is 2.33 bits per heavy atom. The van der Waals surface area contributed by atoms with Crippen LogP contribution in [0.2, 0.25) is 0 Å². The van der Waals surface area contributed by atoms with Crippen LogP contribution in [-0.2, 0) is 9.53 Å². The van der Waals surface area contributed by atoms with E-state index in [4.69, 9.17) is 9.15 Å². The summed E-state index contributed by atoms with van der Waals surface area (Å²) in [7, 11) is 0. The number of rotatable bonds is 4. The zero-order chi connectivity index (χ0) is 13.0. The van der Waals surface area contributed by atoms with Crippen LogP contribution in [0.1, 0.15) is 24.8 Å². The first-order valence-electron chi connectivity index (χ1n) is 5.88. The van der Waals surface area contributed by atoms with E-state index in [9.17, 15) is 4.79 Å². The lowest BCUT2D eigenvalue weighted by atomic mass is 10.2. The third kappa shape index (κ3) is 2.97. The van der Waals surface area contributed by atoms with Crippen molar-refractivity contribution in [2.45, 2.75) is 20.3 Å². The van der Waals surface area contributed by atoms with Gasteiger partial charge in [0.25, 0.3) is 0 Å². The Morgan fingerprint density at radius 3 is 3.11 bits per heavy atom. The molecule has 0 fully saturated rings. The molecule has 0 saturated heterocycles. The lowest BCUT2D eigenvalue weighted by Gasteiger charge is -1.97. The zero-order valence-electron chi connectivity index (χ0n) is 10.5. The summed E-state index contributed by atoms with van der Waals surface area (Å²) in [6, 6.07) is 5.73. The predicted molar refractivity (Wildman–Crippen MR) is 69.0 cm³/mol. The molecule has 0 aliphatic heterocycles. The predicted octanol–water partition coefficient (Wildman–Crippen LogP) is 3.10. The summed E-state index contributed by atoms with van der Waals surface area (Å²) in [5, 5.41) is 0. The number of benzene rings is 1. The smallest absolute Gasteiger partial charge is 0.309 e. The van der Waals surface area contributed by atoms with Crippen molar-refractivity contribution in [1.29, 1.82) is 0 Å². The molecule has 4 nitrogen and oxygen atoms in total. The molecule has 0 aliphatic rings. The van der Waals surface area contributed by atoms with Gasteiger partial charge in [-0.15, -0.1) is 0 Å². The Hall–Kier alpha value is -2.10. The van der Waals surface area contributed by atoms with Crippen molar-refractivity contribution >= 4 is 23.1 Å². The van der Waals surface area contributed by atoms with Gasteiger partial charge in [-0.2, -0.15) is 0 Å². The van der Waals surface area contributed by atoms with E-state index in [1.807, 2.05) is 31.2 Å². The van der Waals surface area contributed by atoms with Crippen molar-refractivity contribution in [3.63, 3.8) is 0 Å². The topological polar surface area (TPSA) is 52.3 Å². The summed E-state index contributed by atoms with van der Waals surface area (Å²) < 4.78 is 10.3. The second-order valence-electron chi connectivity index (χ2n) is 3.87. The summed E-state index contributed by atoms with van der Waals surface area (Å²) in [4.78, 5) is 15.4. The summed E-state index contributed by atoms with van der Waals surface area (Å²) in [5.74, 6) is 0.433. The lowest BCUT2D eigenvalue weighted by molar-refractivity contribution is -0.142. The Bertz CT molecular complexity index is 584. The molecular weight excluding hydrogens is 230 g/mol. The third-order valence-corrected chi connectivity index (χ3v) is 2.42. The maximum absolute atomic E-state index is 11.1. The standard InChI is InChI=1S/C14H15NO3/c1-3-17-14(16)6-4-5-11-7-8-12-13(9-11)18-10(2)15-12/h4-5,7-9H,3,6H2,1-2H3. The first-order chi connectivity index (χ1) is 8.69. The Balaban J connectivity index is 2.07. The average Bonchev–Trinajstić information content (AvgIpc) is 2.69. The minimum absolute atomic E-state index is 0.217. The number of hydrogen-bond donors (Lipinski definition) is 0. The Kier molecular flexibility index (Phi) is 3.77. The largest absolute Gasteiger partial charge is 0.466 e. The van der Waals surface area contributed by atoms with E-state index in [1.165, 1.54) is 0 Å². The van der Waals surface area contributed by atoms with Crippen molar-refractivity contribution in [3.05, 3.63) is 35.7 Å². The highest BCUT2D eigenvalue weighted by molar-refractivity contribution is 5.77. The number of nitrogens with zero attached hydrogens (tertiary/aromatic N) is 1. The minimum atomic E-state index is -0.217. The van der Waals surface area contributed by atoms with Crippen LogP contribution in [0.4, 0.5) is 0 Å².